The molecule has 2 nitrogen and oxygen atoms in total. The first kappa shape index (κ1) is 15.4. The van der Waals surface area contributed by atoms with Gasteiger partial charge in [0.2, 0.25) is 0 Å². The zero-order chi connectivity index (χ0) is 14.5. The van der Waals surface area contributed by atoms with Crippen molar-refractivity contribution < 1.29 is 0 Å². The van der Waals surface area contributed by atoms with Gasteiger partial charge < -0.3 is 10.2 Å². The van der Waals surface area contributed by atoms with Crippen LogP contribution in [-0.4, -0.2) is 30.6 Å². The topological polar surface area (TPSA) is 15.3 Å². The van der Waals surface area contributed by atoms with Crippen molar-refractivity contribution in [1.82, 2.24) is 4.90 Å². The van der Waals surface area contributed by atoms with Crippen molar-refractivity contribution >= 4 is 5.69 Å². The first-order valence-electron chi connectivity index (χ1n) is 8.16. The normalized spacial score (nSPS) is 19.0. The lowest BCUT2D eigenvalue weighted by molar-refractivity contribution is 0.176. The van der Waals surface area contributed by atoms with Crippen molar-refractivity contribution in [1.29, 1.82) is 0 Å². The molecule has 1 aliphatic rings. The van der Waals surface area contributed by atoms with Crippen LogP contribution in [0.3, 0.4) is 0 Å². The first-order valence-corrected chi connectivity index (χ1v) is 8.16. The van der Waals surface area contributed by atoms with Crippen LogP contribution in [0.1, 0.15) is 44.2 Å². The molecule has 20 heavy (non-hydrogen) atoms. The van der Waals surface area contributed by atoms with Crippen LogP contribution in [0.4, 0.5) is 5.69 Å². The predicted molar refractivity (Wildman–Crippen MR) is 88.5 cm³/mol. The number of aryl methyl sites for hydroxylation is 2. The molecule has 1 aromatic rings. The second-order valence-corrected chi connectivity index (χ2v) is 6.41. The van der Waals surface area contributed by atoms with Gasteiger partial charge in [0.05, 0.1) is 0 Å². The molecule has 0 saturated carbocycles. The molecule has 1 fully saturated rings. The summed E-state index contributed by atoms with van der Waals surface area (Å²) in [5.41, 5.74) is 4.02. The van der Waals surface area contributed by atoms with Gasteiger partial charge in [0.15, 0.2) is 0 Å². The largest absolute Gasteiger partial charge is 0.382 e. The van der Waals surface area contributed by atoms with Gasteiger partial charge in [-0.05, 0) is 88.8 Å². The summed E-state index contributed by atoms with van der Waals surface area (Å²) in [6.45, 7) is 12.8. The minimum Gasteiger partial charge on any atom is -0.382 e. The van der Waals surface area contributed by atoms with Crippen molar-refractivity contribution in [2.24, 2.45) is 5.92 Å². The fourth-order valence-corrected chi connectivity index (χ4v) is 3.20. The zero-order valence-corrected chi connectivity index (χ0v) is 13.6. The first-order chi connectivity index (χ1) is 9.60. The number of nitrogens with one attached hydrogen (secondary N) is 1. The molecule has 2 heteroatoms. The lowest BCUT2D eigenvalue weighted by Crippen LogP contribution is -2.39. The third kappa shape index (κ3) is 3.99. The van der Waals surface area contributed by atoms with E-state index < -0.39 is 0 Å². The molecule has 1 saturated heterocycles. The predicted octanol–water partition coefficient (Wildman–Crippen LogP) is 4.23. The summed E-state index contributed by atoms with van der Waals surface area (Å²) in [6.07, 6.45) is 3.94. The van der Waals surface area contributed by atoms with E-state index in [9.17, 15) is 0 Å². The van der Waals surface area contributed by atoms with E-state index >= 15 is 0 Å². The number of piperidine rings is 1. The van der Waals surface area contributed by atoms with Gasteiger partial charge in [0, 0.05) is 11.7 Å². The van der Waals surface area contributed by atoms with E-state index in [1.165, 1.54) is 55.7 Å². The number of hydrogen-bond donors (Lipinski definition) is 1. The Labute approximate surface area is 124 Å². The van der Waals surface area contributed by atoms with Crippen LogP contribution in [0.5, 0.6) is 0 Å². The van der Waals surface area contributed by atoms with Gasteiger partial charge in [-0.1, -0.05) is 13.0 Å². The quantitative estimate of drug-likeness (QED) is 0.864. The summed E-state index contributed by atoms with van der Waals surface area (Å²) in [5.74, 6) is 0.810. The Bertz CT molecular complexity index is 419. The Kier molecular flexibility index (Phi) is 5.47. The van der Waals surface area contributed by atoms with Gasteiger partial charge >= 0.3 is 0 Å². The fraction of sp³-hybridized carbons (Fsp3) is 0.667. The number of rotatable bonds is 5. The molecule has 0 amide bonds. The van der Waals surface area contributed by atoms with Gasteiger partial charge in [0.25, 0.3) is 0 Å². The van der Waals surface area contributed by atoms with Gasteiger partial charge in [-0.3, -0.25) is 0 Å². The maximum atomic E-state index is 3.71. The maximum absolute atomic E-state index is 3.71. The number of benzene rings is 1. The lowest BCUT2D eigenvalue weighted by Gasteiger charge is -2.35. The Morgan fingerprint density at radius 3 is 2.50 bits per heavy atom. The van der Waals surface area contributed by atoms with Crippen molar-refractivity contribution in [3.05, 3.63) is 29.3 Å². The van der Waals surface area contributed by atoms with Crippen LogP contribution >= 0.6 is 0 Å². The van der Waals surface area contributed by atoms with Crippen molar-refractivity contribution in [2.75, 3.05) is 25.0 Å². The van der Waals surface area contributed by atoms with E-state index in [1.54, 1.807) is 0 Å². The van der Waals surface area contributed by atoms with Crippen molar-refractivity contribution in [3.8, 4) is 0 Å². The molecule has 0 aliphatic carbocycles. The number of likely N-dealkylation sites (tertiary alicyclic amines) is 1. The summed E-state index contributed by atoms with van der Waals surface area (Å²) in [4.78, 5) is 2.61. The highest BCUT2D eigenvalue weighted by molar-refractivity contribution is 5.48. The molecule has 1 atom stereocenters. The fourth-order valence-electron chi connectivity index (χ4n) is 3.20. The number of anilines is 1. The summed E-state index contributed by atoms with van der Waals surface area (Å²) in [6, 6.07) is 7.28. The third-order valence-electron chi connectivity index (χ3n) is 4.78. The Balaban J connectivity index is 1.86. The monoisotopic (exact) mass is 274 g/mol. The molecule has 0 spiro atoms. The summed E-state index contributed by atoms with van der Waals surface area (Å²) < 4.78 is 0. The highest BCUT2D eigenvalue weighted by Crippen LogP contribution is 2.24. The lowest BCUT2D eigenvalue weighted by atomic mass is 9.90. The molecule has 0 radical (unpaired) electrons. The van der Waals surface area contributed by atoms with Gasteiger partial charge in [-0.25, -0.2) is 0 Å². The second-order valence-electron chi connectivity index (χ2n) is 6.41. The Morgan fingerprint density at radius 1 is 1.20 bits per heavy atom. The van der Waals surface area contributed by atoms with Gasteiger partial charge in [0.1, 0.15) is 0 Å². The molecule has 0 aromatic heterocycles. The molecule has 1 N–H and O–H groups in total. The molecule has 0 bridgehead atoms. The van der Waals surface area contributed by atoms with Crippen LogP contribution in [0.2, 0.25) is 0 Å². The van der Waals surface area contributed by atoms with Crippen LogP contribution in [0.15, 0.2) is 18.2 Å². The average Bonchev–Trinajstić information content (AvgIpc) is 2.44. The molecule has 1 aliphatic heterocycles. The average molecular weight is 274 g/mol. The molecule has 1 heterocycles. The third-order valence-corrected chi connectivity index (χ3v) is 4.78. The Hall–Kier alpha value is -1.02. The van der Waals surface area contributed by atoms with E-state index in [-0.39, 0.29) is 0 Å². The van der Waals surface area contributed by atoms with E-state index in [4.69, 9.17) is 0 Å². The minimum absolute atomic E-state index is 0.570. The molecule has 2 rings (SSSR count). The van der Waals surface area contributed by atoms with Gasteiger partial charge in [-0.15, -0.1) is 0 Å². The van der Waals surface area contributed by atoms with E-state index in [1.807, 2.05) is 0 Å². The van der Waals surface area contributed by atoms with Crippen LogP contribution in [-0.2, 0) is 0 Å². The van der Waals surface area contributed by atoms with E-state index in [0.29, 0.717) is 6.04 Å². The molecule has 1 unspecified atom stereocenters. The summed E-state index contributed by atoms with van der Waals surface area (Å²) in [7, 11) is 0. The van der Waals surface area contributed by atoms with Crippen LogP contribution < -0.4 is 5.32 Å². The SMILES string of the molecule is CCCN1CCC(C(C)Nc2ccc(C)c(C)c2)CC1. The second kappa shape index (κ2) is 7.12. The zero-order valence-electron chi connectivity index (χ0n) is 13.6. The highest BCUT2D eigenvalue weighted by Gasteiger charge is 2.23. The van der Waals surface area contributed by atoms with E-state index in [2.05, 4.69) is 56.1 Å². The molecular formula is C18H30N2. The smallest absolute Gasteiger partial charge is 0.0345 e. The molecule has 112 valence electrons. The number of hydrogen-bond acceptors (Lipinski definition) is 2. The van der Waals surface area contributed by atoms with Gasteiger partial charge in [-0.2, -0.15) is 0 Å². The highest BCUT2D eigenvalue weighted by atomic mass is 15.1. The van der Waals surface area contributed by atoms with Crippen LogP contribution in [0, 0.1) is 19.8 Å². The number of nitrogens with zero attached hydrogens (tertiary/aromatic N) is 1. The van der Waals surface area contributed by atoms with Crippen molar-refractivity contribution in [2.45, 2.75) is 53.0 Å². The summed E-state index contributed by atoms with van der Waals surface area (Å²) >= 11 is 0. The maximum Gasteiger partial charge on any atom is 0.0345 e. The van der Waals surface area contributed by atoms with Crippen molar-refractivity contribution in [3.63, 3.8) is 0 Å². The Morgan fingerprint density at radius 2 is 1.90 bits per heavy atom. The summed E-state index contributed by atoms with van der Waals surface area (Å²) in [5, 5.41) is 3.71. The molecule has 1 aromatic carbocycles. The molecular weight excluding hydrogens is 244 g/mol. The standard InChI is InChI=1S/C18H30N2/c1-5-10-20-11-8-17(9-12-20)16(4)19-18-7-6-14(2)15(3)13-18/h6-7,13,16-17,19H,5,8-12H2,1-4H3. The van der Waals surface area contributed by atoms with E-state index in [0.717, 1.165) is 5.92 Å². The minimum atomic E-state index is 0.570. The van der Waals surface area contributed by atoms with Crippen LogP contribution in [0.25, 0.3) is 0 Å².